The van der Waals surface area contributed by atoms with Gasteiger partial charge in [-0.3, -0.25) is 0 Å². The third kappa shape index (κ3) is 4.70. The van der Waals surface area contributed by atoms with Crippen LogP contribution in [0.25, 0.3) is 5.57 Å². The van der Waals surface area contributed by atoms with Gasteiger partial charge in [0.25, 0.3) is 0 Å². The number of hydrogen-bond acceptors (Lipinski definition) is 5. The van der Waals surface area contributed by atoms with Gasteiger partial charge in [0.2, 0.25) is 5.79 Å². The summed E-state index contributed by atoms with van der Waals surface area (Å²) >= 11 is 1.37. The number of esters is 1. The standard InChI is InChI=1S/C26H24F2O4S/c1-15(2)17-6-4-16(5-7-17)10-21-24(18-8-9-22(27)23(28)11-18)25(29)32-26(21,30)13-20-12-19(31-3)14-33-20/h4-9,11-12,14-15,30H,10,13H2,1-3H3. The number of carbonyl (C=O) groups is 1. The van der Waals surface area contributed by atoms with Crippen molar-refractivity contribution >= 4 is 22.9 Å². The molecule has 0 spiro atoms. The Morgan fingerprint density at radius 2 is 1.82 bits per heavy atom. The SMILES string of the molecule is COc1csc(CC2(O)OC(=O)C(c3ccc(F)c(F)c3)=C2Cc2ccc(C(C)C)cc2)c1. The number of rotatable bonds is 7. The Balaban J connectivity index is 1.79. The summed E-state index contributed by atoms with van der Waals surface area (Å²) in [5, 5.41) is 13.3. The Bertz CT molecular complexity index is 1210. The Kier molecular flexibility index (Phi) is 6.36. The molecule has 2 aromatic carbocycles. The molecule has 1 unspecified atom stereocenters. The second kappa shape index (κ2) is 9.08. The fourth-order valence-corrected chi connectivity index (χ4v) is 4.81. The lowest BCUT2D eigenvalue weighted by molar-refractivity contribution is -0.180. The van der Waals surface area contributed by atoms with Gasteiger partial charge in [0.1, 0.15) is 5.75 Å². The van der Waals surface area contributed by atoms with Crippen LogP contribution < -0.4 is 4.74 Å². The summed E-state index contributed by atoms with van der Waals surface area (Å²) in [6, 6.07) is 12.9. The number of carbonyl (C=O) groups excluding carboxylic acids is 1. The molecule has 0 saturated carbocycles. The zero-order chi connectivity index (χ0) is 23.8. The van der Waals surface area contributed by atoms with Crippen LogP contribution in [-0.4, -0.2) is 24.0 Å². The number of methoxy groups -OCH3 is 1. The second-order valence-corrected chi connectivity index (χ2v) is 9.35. The van der Waals surface area contributed by atoms with E-state index in [9.17, 15) is 18.7 Å². The zero-order valence-electron chi connectivity index (χ0n) is 18.5. The van der Waals surface area contributed by atoms with E-state index in [0.717, 1.165) is 28.1 Å². The molecule has 0 amide bonds. The lowest BCUT2D eigenvalue weighted by Crippen LogP contribution is -2.35. The fourth-order valence-electron chi connectivity index (χ4n) is 3.92. The lowest BCUT2D eigenvalue weighted by atomic mass is 9.89. The van der Waals surface area contributed by atoms with Crippen LogP contribution in [0.3, 0.4) is 0 Å². The number of aliphatic hydroxyl groups is 1. The van der Waals surface area contributed by atoms with E-state index in [0.29, 0.717) is 17.2 Å². The van der Waals surface area contributed by atoms with E-state index < -0.39 is 23.4 Å². The molecule has 1 N–H and O–H groups in total. The van der Waals surface area contributed by atoms with Gasteiger partial charge in [-0.1, -0.05) is 44.2 Å². The van der Waals surface area contributed by atoms with Gasteiger partial charge in [0.05, 0.1) is 19.1 Å². The van der Waals surface area contributed by atoms with E-state index in [1.54, 1.807) is 18.6 Å². The van der Waals surface area contributed by atoms with Gasteiger partial charge in [-0.25, -0.2) is 13.6 Å². The van der Waals surface area contributed by atoms with E-state index in [1.165, 1.54) is 17.4 Å². The van der Waals surface area contributed by atoms with Crippen LogP contribution in [0.1, 0.15) is 41.3 Å². The van der Waals surface area contributed by atoms with Crippen molar-refractivity contribution < 1.29 is 28.2 Å². The minimum atomic E-state index is -1.93. The van der Waals surface area contributed by atoms with Crippen molar-refractivity contribution in [2.75, 3.05) is 7.11 Å². The molecule has 0 bridgehead atoms. The van der Waals surface area contributed by atoms with Crippen LogP contribution in [-0.2, 0) is 22.4 Å². The molecule has 4 rings (SSSR count). The highest BCUT2D eigenvalue weighted by molar-refractivity contribution is 7.10. The molecule has 1 atom stereocenters. The monoisotopic (exact) mass is 470 g/mol. The van der Waals surface area contributed by atoms with Crippen LogP contribution in [0.5, 0.6) is 5.75 Å². The van der Waals surface area contributed by atoms with Gasteiger partial charge < -0.3 is 14.6 Å². The van der Waals surface area contributed by atoms with Crippen molar-refractivity contribution in [1.82, 2.24) is 0 Å². The summed E-state index contributed by atoms with van der Waals surface area (Å²) < 4.78 is 38.2. The molecule has 1 aliphatic heterocycles. The molecule has 0 aliphatic carbocycles. The fraction of sp³-hybridized carbons (Fsp3) is 0.269. The predicted octanol–water partition coefficient (Wildman–Crippen LogP) is 5.64. The van der Waals surface area contributed by atoms with E-state index in [4.69, 9.17) is 9.47 Å². The summed E-state index contributed by atoms with van der Waals surface area (Å²) in [4.78, 5) is 13.7. The van der Waals surface area contributed by atoms with E-state index >= 15 is 0 Å². The molecule has 1 aromatic heterocycles. The first-order valence-electron chi connectivity index (χ1n) is 10.5. The number of benzene rings is 2. The van der Waals surface area contributed by atoms with Gasteiger partial charge in [-0.05, 0) is 40.8 Å². The van der Waals surface area contributed by atoms with Gasteiger partial charge in [-0.2, -0.15) is 0 Å². The predicted molar refractivity (Wildman–Crippen MR) is 123 cm³/mol. The Morgan fingerprint density at radius 3 is 2.42 bits per heavy atom. The number of cyclic esters (lactones) is 1. The first kappa shape index (κ1) is 23.1. The van der Waals surface area contributed by atoms with Crippen molar-refractivity contribution in [2.45, 2.75) is 38.4 Å². The quantitative estimate of drug-likeness (QED) is 0.454. The first-order valence-corrected chi connectivity index (χ1v) is 11.4. The molecule has 33 heavy (non-hydrogen) atoms. The molecule has 0 fully saturated rings. The smallest absolute Gasteiger partial charge is 0.341 e. The maximum atomic E-state index is 14.0. The van der Waals surface area contributed by atoms with Crippen LogP contribution in [0.4, 0.5) is 8.78 Å². The largest absolute Gasteiger partial charge is 0.496 e. The second-order valence-electron chi connectivity index (χ2n) is 8.36. The third-order valence-corrected chi connectivity index (χ3v) is 6.67. The normalized spacial score (nSPS) is 18.2. The van der Waals surface area contributed by atoms with Crippen molar-refractivity contribution in [2.24, 2.45) is 0 Å². The van der Waals surface area contributed by atoms with Crippen molar-refractivity contribution in [3.05, 3.63) is 92.7 Å². The third-order valence-electron chi connectivity index (χ3n) is 5.75. The average Bonchev–Trinajstić information content (AvgIpc) is 3.32. The van der Waals surface area contributed by atoms with Crippen LogP contribution in [0.2, 0.25) is 0 Å². The van der Waals surface area contributed by atoms with Crippen LogP contribution in [0, 0.1) is 11.6 Å². The molecule has 4 nitrogen and oxygen atoms in total. The van der Waals surface area contributed by atoms with Gasteiger partial charge >= 0.3 is 5.97 Å². The summed E-state index contributed by atoms with van der Waals surface area (Å²) in [5.74, 6) is -3.80. The van der Waals surface area contributed by atoms with Gasteiger partial charge in [0, 0.05) is 22.3 Å². The number of hydrogen-bond donors (Lipinski definition) is 1. The van der Waals surface area contributed by atoms with Crippen molar-refractivity contribution in [1.29, 1.82) is 0 Å². The minimum Gasteiger partial charge on any atom is -0.496 e. The molecular weight excluding hydrogens is 446 g/mol. The number of ether oxygens (including phenoxy) is 2. The first-order chi connectivity index (χ1) is 15.7. The van der Waals surface area contributed by atoms with Gasteiger partial charge in [0.15, 0.2) is 11.6 Å². The molecule has 0 radical (unpaired) electrons. The van der Waals surface area contributed by atoms with Crippen LogP contribution in [0.15, 0.2) is 59.5 Å². The maximum absolute atomic E-state index is 14.0. The molecule has 3 aromatic rings. The molecule has 2 heterocycles. The molecule has 0 saturated heterocycles. The molecule has 172 valence electrons. The summed E-state index contributed by atoms with van der Waals surface area (Å²) in [6.45, 7) is 4.19. The number of thiophene rings is 1. The Labute approximate surface area is 195 Å². The summed E-state index contributed by atoms with van der Waals surface area (Å²) in [6.07, 6.45) is 0.219. The summed E-state index contributed by atoms with van der Waals surface area (Å²) in [7, 11) is 1.55. The van der Waals surface area contributed by atoms with Crippen LogP contribution >= 0.6 is 11.3 Å². The van der Waals surface area contributed by atoms with Crippen molar-refractivity contribution in [3.63, 3.8) is 0 Å². The molecule has 7 heteroatoms. The summed E-state index contributed by atoms with van der Waals surface area (Å²) in [5.41, 5.74) is 2.53. The zero-order valence-corrected chi connectivity index (χ0v) is 19.3. The highest BCUT2D eigenvalue weighted by Gasteiger charge is 2.47. The highest BCUT2D eigenvalue weighted by Crippen LogP contribution is 2.42. The lowest BCUT2D eigenvalue weighted by Gasteiger charge is -2.25. The molecule has 1 aliphatic rings. The average molecular weight is 471 g/mol. The van der Waals surface area contributed by atoms with E-state index in [2.05, 4.69) is 13.8 Å². The maximum Gasteiger partial charge on any atom is 0.341 e. The van der Waals surface area contributed by atoms with Crippen molar-refractivity contribution in [3.8, 4) is 5.75 Å². The van der Waals surface area contributed by atoms with Gasteiger partial charge in [-0.15, -0.1) is 11.3 Å². The molecular formula is C26H24F2O4S. The Morgan fingerprint density at radius 1 is 1.09 bits per heavy atom. The van der Waals surface area contributed by atoms with E-state index in [-0.39, 0.29) is 24.0 Å². The number of halogens is 2. The highest BCUT2D eigenvalue weighted by atomic mass is 32.1. The van der Waals surface area contributed by atoms with E-state index in [1.807, 2.05) is 24.3 Å². The minimum absolute atomic E-state index is 0.0132. The topological polar surface area (TPSA) is 55.8 Å². The Hall–Kier alpha value is -3.03.